The van der Waals surface area contributed by atoms with E-state index in [1.165, 1.54) is 31.3 Å². The van der Waals surface area contributed by atoms with Gasteiger partial charge in [-0.25, -0.2) is 0 Å². The number of unbranched alkanes of at least 4 members (excludes halogenated alkanes) is 2. The van der Waals surface area contributed by atoms with Crippen LogP contribution in [-0.4, -0.2) is 85.6 Å². The number of allylic oxidation sites excluding steroid dienone is 2. The molecule has 2 heterocycles. The molecule has 2 aliphatic heterocycles. The van der Waals surface area contributed by atoms with Gasteiger partial charge in [-0.15, -0.1) is 23.2 Å². The number of halogens is 3. The molecule has 0 bridgehead atoms. The van der Waals surface area contributed by atoms with Crippen LogP contribution in [0.5, 0.6) is 17.2 Å². The monoisotopic (exact) mass is 700 g/mol. The van der Waals surface area contributed by atoms with Crippen LogP contribution in [0, 0.1) is 17.8 Å². The number of phenols is 1. The largest absolute Gasteiger partial charge is 0.508 e. The molecular weight excluding hydrogens is 671 g/mol. The Hall–Kier alpha value is -2.83. The number of carboxylic acids is 1. The summed E-state index contributed by atoms with van der Waals surface area (Å²) in [5, 5.41) is 19.2. The van der Waals surface area contributed by atoms with Gasteiger partial charge >= 0.3 is 5.97 Å². The van der Waals surface area contributed by atoms with Crippen molar-refractivity contribution >= 4 is 68.7 Å². The zero-order chi connectivity index (χ0) is 31.4. The van der Waals surface area contributed by atoms with E-state index in [1.807, 2.05) is 0 Å². The molecule has 4 amide bonds. The van der Waals surface area contributed by atoms with Crippen LogP contribution in [0.2, 0.25) is 0 Å². The Morgan fingerprint density at radius 2 is 1.65 bits per heavy atom. The molecule has 1 saturated carbocycles. The van der Waals surface area contributed by atoms with Crippen LogP contribution >= 0.6 is 39.1 Å². The summed E-state index contributed by atoms with van der Waals surface area (Å²) in [7, 11) is 2.75. The zero-order valence-electron chi connectivity index (χ0n) is 23.5. The van der Waals surface area contributed by atoms with Gasteiger partial charge in [-0.3, -0.25) is 33.8 Å². The van der Waals surface area contributed by atoms with Gasteiger partial charge in [0.1, 0.15) is 17.2 Å². The number of hydrogen-bond donors (Lipinski definition) is 2. The fourth-order valence-corrected chi connectivity index (χ4v) is 8.70. The van der Waals surface area contributed by atoms with E-state index < -0.39 is 57.1 Å². The molecular formula is C29H31BrCl2N2O9. The van der Waals surface area contributed by atoms with Crippen molar-refractivity contribution in [2.75, 3.05) is 26.2 Å². The number of nitrogens with zero attached hydrogens (tertiary/aromatic N) is 2. The molecule has 6 unspecified atom stereocenters. The first-order valence-corrected chi connectivity index (χ1v) is 15.8. The van der Waals surface area contributed by atoms with Crippen molar-refractivity contribution in [2.45, 2.75) is 54.2 Å². The van der Waals surface area contributed by atoms with Crippen LogP contribution in [0.4, 0.5) is 0 Å². The molecule has 0 spiro atoms. The number of rotatable bonds is 10. The molecule has 2 N–H and O–H groups in total. The lowest BCUT2D eigenvalue weighted by atomic mass is 9.56. The van der Waals surface area contributed by atoms with E-state index in [0.717, 1.165) is 4.90 Å². The molecule has 11 nitrogen and oxygen atoms in total. The molecule has 2 aliphatic carbocycles. The van der Waals surface area contributed by atoms with E-state index in [-0.39, 0.29) is 60.0 Å². The summed E-state index contributed by atoms with van der Waals surface area (Å²) in [5.74, 6) is -6.36. The lowest BCUT2D eigenvalue weighted by molar-refractivity contribution is -0.141. The standard InChI is InChI=1S/C29H31BrCl2N2O9/c1-42-18-10-14(35)11-19(43-2)22(18)23-15-7-8-16-21(25(39)33(24(16)38)9-5-3-4-6-20(36)37)17(15)12-28(31)26(40)34(13-30)27(41)29(23,28)32/h7,10-11,16-17,21,23,35H,3-6,8-9,12-13H2,1-2H3,(H,36,37). The Morgan fingerprint density at radius 3 is 2.23 bits per heavy atom. The number of phenolic OH excluding ortho intramolecular Hbond substituents is 1. The Kier molecular flexibility index (Phi) is 8.51. The molecule has 3 fully saturated rings. The smallest absolute Gasteiger partial charge is 0.303 e. The number of imide groups is 2. The average molecular weight is 702 g/mol. The summed E-state index contributed by atoms with van der Waals surface area (Å²) in [6.07, 6.45) is 3.26. The Bertz CT molecular complexity index is 1410. The molecule has 1 aromatic carbocycles. The molecule has 0 radical (unpaired) electrons. The van der Waals surface area contributed by atoms with Crippen molar-refractivity contribution in [3.05, 3.63) is 29.3 Å². The van der Waals surface area contributed by atoms with Crippen molar-refractivity contribution in [3.8, 4) is 17.2 Å². The predicted octanol–water partition coefficient (Wildman–Crippen LogP) is 3.77. The van der Waals surface area contributed by atoms with Crippen molar-refractivity contribution in [2.24, 2.45) is 17.8 Å². The fraction of sp³-hybridized carbons (Fsp3) is 0.552. The molecule has 1 aromatic rings. The highest BCUT2D eigenvalue weighted by Crippen LogP contribution is 2.67. The molecule has 2 saturated heterocycles. The minimum absolute atomic E-state index is 0.00418. The van der Waals surface area contributed by atoms with Gasteiger partial charge < -0.3 is 19.7 Å². The van der Waals surface area contributed by atoms with Crippen LogP contribution < -0.4 is 9.47 Å². The summed E-state index contributed by atoms with van der Waals surface area (Å²) in [5.41, 5.74) is 0.686. The summed E-state index contributed by atoms with van der Waals surface area (Å²) in [6.45, 7) is 0.148. The SMILES string of the molecule is COc1cc(O)cc(OC)c1C1C2=CCC3C(=O)N(CCCCCC(=O)O)C(=O)C3C2CC2(Cl)C(=O)N(CBr)C(=O)C12Cl. The number of hydrogen-bond acceptors (Lipinski definition) is 8. The van der Waals surface area contributed by atoms with E-state index in [9.17, 15) is 29.1 Å². The number of alkyl halides is 3. The summed E-state index contributed by atoms with van der Waals surface area (Å²) in [4.78, 5) is 64.1. The van der Waals surface area contributed by atoms with Crippen LogP contribution in [0.25, 0.3) is 0 Å². The number of aromatic hydroxyl groups is 1. The topological polar surface area (TPSA) is 151 Å². The third kappa shape index (κ3) is 4.63. The number of benzene rings is 1. The number of carboxylic acid groups (broad SMARTS) is 1. The second kappa shape index (κ2) is 11.6. The van der Waals surface area contributed by atoms with Gasteiger partial charge in [-0.1, -0.05) is 34.0 Å². The normalized spacial score (nSPS) is 31.5. The van der Waals surface area contributed by atoms with Crippen LogP contribution in [0.15, 0.2) is 23.8 Å². The molecule has 232 valence electrons. The number of carbonyl (C=O) groups is 5. The van der Waals surface area contributed by atoms with Gasteiger partial charge in [0.25, 0.3) is 11.8 Å². The van der Waals surface area contributed by atoms with Gasteiger partial charge in [0, 0.05) is 36.6 Å². The van der Waals surface area contributed by atoms with E-state index in [0.29, 0.717) is 24.8 Å². The molecule has 14 heteroatoms. The summed E-state index contributed by atoms with van der Waals surface area (Å²) < 4.78 is 11.2. The maximum absolute atomic E-state index is 14.0. The first-order chi connectivity index (χ1) is 20.4. The van der Waals surface area contributed by atoms with Gasteiger partial charge in [0.15, 0.2) is 9.75 Å². The van der Waals surface area contributed by atoms with Gasteiger partial charge in [0.2, 0.25) is 11.8 Å². The highest BCUT2D eigenvalue weighted by molar-refractivity contribution is 9.09. The Morgan fingerprint density at radius 1 is 1.00 bits per heavy atom. The predicted molar refractivity (Wildman–Crippen MR) is 157 cm³/mol. The fourth-order valence-electron chi connectivity index (χ4n) is 7.29. The third-order valence-electron chi connectivity index (χ3n) is 9.20. The van der Waals surface area contributed by atoms with E-state index in [4.69, 9.17) is 37.8 Å². The van der Waals surface area contributed by atoms with Gasteiger partial charge in [0.05, 0.1) is 31.5 Å². The van der Waals surface area contributed by atoms with Crippen molar-refractivity contribution in [3.63, 3.8) is 0 Å². The van der Waals surface area contributed by atoms with Crippen LogP contribution in [-0.2, 0) is 24.0 Å². The minimum atomic E-state index is -2.05. The zero-order valence-corrected chi connectivity index (χ0v) is 26.6. The third-order valence-corrected chi connectivity index (χ3v) is 11.1. The maximum atomic E-state index is 14.0. The molecule has 43 heavy (non-hydrogen) atoms. The van der Waals surface area contributed by atoms with Crippen molar-refractivity contribution in [1.29, 1.82) is 0 Å². The lowest BCUT2D eigenvalue weighted by Gasteiger charge is -2.51. The Balaban J connectivity index is 1.61. The Labute approximate surface area is 266 Å². The quantitative estimate of drug-likeness (QED) is 0.122. The molecule has 0 aromatic heterocycles. The second-order valence-electron chi connectivity index (χ2n) is 11.3. The minimum Gasteiger partial charge on any atom is -0.508 e. The van der Waals surface area contributed by atoms with Crippen molar-refractivity contribution < 1.29 is 43.7 Å². The number of ether oxygens (including phenoxy) is 2. The van der Waals surface area contributed by atoms with Crippen LogP contribution in [0.3, 0.4) is 0 Å². The highest BCUT2D eigenvalue weighted by Gasteiger charge is 2.76. The molecule has 5 rings (SSSR count). The number of methoxy groups -OCH3 is 2. The number of carbonyl (C=O) groups excluding carboxylic acids is 4. The number of fused-ring (bicyclic) bond motifs is 4. The van der Waals surface area contributed by atoms with E-state index in [2.05, 4.69) is 15.9 Å². The molecule has 6 atom stereocenters. The first kappa shape index (κ1) is 31.6. The molecule has 4 aliphatic rings. The van der Waals surface area contributed by atoms with Gasteiger partial charge in [-0.2, -0.15) is 0 Å². The second-order valence-corrected chi connectivity index (χ2v) is 13.0. The highest BCUT2D eigenvalue weighted by atomic mass is 79.9. The van der Waals surface area contributed by atoms with Crippen molar-refractivity contribution in [1.82, 2.24) is 9.80 Å². The first-order valence-electron chi connectivity index (χ1n) is 13.9. The van der Waals surface area contributed by atoms with E-state index >= 15 is 0 Å². The summed E-state index contributed by atoms with van der Waals surface area (Å²) >= 11 is 17.7. The number of aliphatic carboxylic acids is 1. The van der Waals surface area contributed by atoms with Crippen LogP contribution in [0.1, 0.15) is 50.0 Å². The summed E-state index contributed by atoms with van der Waals surface area (Å²) in [6, 6.07) is 2.67. The average Bonchev–Trinajstić information content (AvgIpc) is 3.30. The number of amides is 4. The van der Waals surface area contributed by atoms with Gasteiger partial charge in [-0.05, 0) is 31.6 Å². The maximum Gasteiger partial charge on any atom is 0.303 e. The number of likely N-dealkylation sites (tertiary alicyclic amines) is 2. The van der Waals surface area contributed by atoms with E-state index in [1.54, 1.807) is 6.08 Å². The lowest BCUT2D eigenvalue weighted by Crippen LogP contribution is -2.60.